The molecule has 23 heavy (non-hydrogen) atoms. The molecule has 0 saturated carbocycles. The van der Waals surface area contributed by atoms with Crippen LogP contribution in [0.25, 0.3) is 0 Å². The quantitative estimate of drug-likeness (QED) is 0.898. The molecule has 0 radical (unpaired) electrons. The number of thioether (sulfide) groups is 2. The van der Waals surface area contributed by atoms with E-state index in [1.54, 1.807) is 7.11 Å². The van der Waals surface area contributed by atoms with E-state index < -0.39 is 5.97 Å². The van der Waals surface area contributed by atoms with Crippen molar-refractivity contribution in [2.24, 2.45) is 5.92 Å². The van der Waals surface area contributed by atoms with Gasteiger partial charge >= 0.3 is 5.97 Å². The summed E-state index contributed by atoms with van der Waals surface area (Å²) in [6, 6.07) is 8.37. The Kier molecular flexibility index (Phi) is 5.77. The predicted molar refractivity (Wildman–Crippen MR) is 96.9 cm³/mol. The van der Waals surface area contributed by atoms with E-state index in [1.807, 2.05) is 47.8 Å². The van der Waals surface area contributed by atoms with E-state index >= 15 is 0 Å². The van der Waals surface area contributed by atoms with Gasteiger partial charge in [-0.2, -0.15) is 23.5 Å². The van der Waals surface area contributed by atoms with Gasteiger partial charge in [0.05, 0.1) is 13.0 Å². The zero-order valence-corrected chi connectivity index (χ0v) is 14.9. The third kappa shape index (κ3) is 3.98. The van der Waals surface area contributed by atoms with Crippen LogP contribution in [-0.4, -0.2) is 65.2 Å². The van der Waals surface area contributed by atoms with E-state index in [1.165, 1.54) is 11.5 Å². The first-order valence-corrected chi connectivity index (χ1v) is 10.3. The van der Waals surface area contributed by atoms with Gasteiger partial charge in [-0.3, -0.25) is 9.69 Å². The van der Waals surface area contributed by atoms with E-state index in [2.05, 4.69) is 4.90 Å². The Morgan fingerprint density at radius 2 is 2.00 bits per heavy atom. The molecule has 1 aromatic rings. The zero-order valence-electron chi connectivity index (χ0n) is 13.3. The van der Waals surface area contributed by atoms with Crippen LogP contribution in [0.4, 0.5) is 0 Å². The molecule has 2 fully saturated rings. The smallest absolute Gasteiger partial charge is 0.308 e. The lowest BCUT2D eigenvalue weighted by atomic mass is 9.89. The van der Waals surface area contributed by atoms with E-state index in [0.29, 0.717) is 12.6 Å². The van der Waals surface area contributed by atoms with Crippen LogP contribution in [0.5, 0.6) is 5.75 Å². The molecule has 0 spiro atoms. The largest absolute Gasteiger partial charge is 0.497 e. The number of rotatable bonds is 4. The Labute approximate surface area is 146 Å². The highest BCUT2D eigenvalue weighted by atomic mass is 32.2. The Balaban J connectivity index is 1.79. The van der Waals surface area contributed by atoms with Crippen molar-refractivity contribution < 1.29 is 14.6 Å². The number of nitrogens with zero attached hydrogens (tertiary/aromatic N) is 1. The molecule has 0 aliphatic carbocycles. The van der Waals surface area contributed by atoms with Crippen LogP contribution in [-0.2, 0) is 4.79 Å². The average molecular weight is 354 g/mol. The topological polar surface area (TPSA) is 49.8 Å². The van der Waals surface area contributed by atoms with Crippen molar-refractivity contribution in [1.82, 2.24) is 4.90 Å². The molecule has 126 valence electrons. The maximum atomic E-state index is 11.8. The van der Waals surface area contributed by atoms with Gasteiger partial charge < -0.3 is 9.84 Å². The van der Waals surface area contributed by atoms with Gasteiger partial charge in [-0.25, -0.2) is 0 Å². The summed E-state index contributed by atoms with van der Waals surface area (Å²) in [7, 11) is 1.65. The molecule has 0 aromatic heterocycles. The SMILES string of the molecule is COc1cccc([C@@H]2CN(C3CSCCSC3)C[C@H]2C(=O)O)c1. The number of carboxylic acid groups (broad SMARTS) is 1. The van der Waals surface area contributed by atoms with E-state index in [0.717, 1.165) is 29.4 Å². The maximum Gasteiger partial charge on any atom is 0.308 e. The molecule has 0 bridgehead atoms. The van der Waals surface area contributed by atoms with Crippen LogP contribution in [0.2, 0.25) is 0 Å². The van der Waals surface area contributed by atoms with Crippen molar-refractivity contribution in [3.63, 3.8) is 0 Å². The molecule has 6 heteroatoms. The van der Waals surface area contributed by atoms with Gasteiger partial charge in [-0.1, -0.05) is 12.1 Å². The Morgan fingerprint density at radius 3 is 2.65 bits per heavy atom. The van der Waals surface area contributed by atoms with Crippen molar-refractivity contribution in [1.29, 1.82) is 0 Å². The normalized spacial score (nSPS) is 26.8. The highest BCUT2D eigenvalue weighted by molar-refractivity contribution is 8.03. The van der Waals surface area contributed by atoms with Crippen molar-refractivity contribution in [3.05, 3.63) is 29.8 Å². The number of methoxy groups -OCH3 is 1. The Bertz CT molecular complexity index is 546. The average Bonchev–Trinajstić information content (AvgIpc) is 2.84. The summed E-state index contributed by atoms with van der Waals surface area (Å²) < 4.78 is 5.30. The Hall–Kier alpha value is -0.850. The van der Waals surface area contributed by atoms with E-state index in [4.69, 9.17) is 4.74 Å². The summed E-state index contributed by atoms with van der Waals surface area (Å²) in [5.41, 5.74) is 1.08. The molecule has 2 aliphatic heterocycles. The first kappa shape index (κ1) is 17.0. The van der Waals surface area contributed by atoms with Crippen LogP contribution in [0.3, 0.4) is 0 Å². The van der Waals surface area contributed by atoms with Gasteiger partial charge in [0.2, 0.25) is 0 Å². The third-order valence-electron chi connectivity index (χ3n) is 4.70. The summed E-state index contributed by atoms with van der Waals surface area (Å²) >= 11 is 3.99. The minimum absolute atomic E-state index is 0.0425. The van der Waals surface area contributed by atoms with Crippen LogP contribution in [0.1, 0.15) is 11.5 Å². The fraction of sp³-hybridized carbons (Fsp3) is 0.588. The standard InChI is InChI=1S/C17H23NO3S2/c1-21-14-4-2-3-12(7-14)15-8-18(9-16(15)17(19)20)13-10-22-5-6-23-11-13/h2-4,7,13,15-16H,5-6,8-11H2,1H3,(H,19,20)/t15-,16+/m0/s1. The van der Waals surface area contributed by atoms with Crippen LogP contribution in [0.15, 0.2) is 24.3 Å². The molecule has 2 atom stereocenters. The molecule has 1 aromatic carbocycles. The molecule has 2 heterocycles. The molecule has 3 rings (SSSR count). The second kappa shape index (κ2) is 7.81. The van der Waals surface area contributed by atoms with Gasteiger partial charge in [-0.15, -0.1) is 0 Å². The molecule has 0 unspecified atom stereocenters. The number of likely N-dealkylation sites (tertiary alicyclic amines) is 1. The molecule has 2 aliphatic rings. The Morgan fingerprint density at radius 1 is 1.26 bits per heavy atom. The van der Waals surface area contributed by atoms with Gasteiger partial charge in [0.15, 0.2) is 0 Å². The highest BCUT2D eigenvalue weighted by Gasteiger charge is 2.41. The molecule has 0 amide bonds. The fourth-order valence-electron chi connectivity index (χ4n) is 3.41. The number of carbonyl (C=O) groups is 1. The molecular formula is C17H23NO3S2. The van der Waals surface area contributed by atoms with Crippen LogP contribution in [0, 0.1) is 5.92 Å². The van der Waals surface area contributed by atoms with Crippen molar-refractivity contribution in [3.8, 4) is 5.75 Å². The zero-order chi connectivity index (χ0) is 16.2. The minimum atomic E-state index is -0.686. The van der Waals surface area contributed by atoms with Crippen molar-refractivity contribution in [2.75, 3.05) is 43.2 Å². The summed E-state index contributed by atoms with van der Waals surface area (Å²) in [6.07, 6.45) is 0. The lowest BCUT2D eigenvalue weighted by Gasteiger charge is -2.26. The first-order valence-electron chi connectivity index (χ1n) is 7.95. The molecule has 2 saturated heterocycles. The molecular weight excluding hydrogens is 330 g/mol. The highest BCUT2D eigenvalue weighted by Crippen LogP contribution is 2.36. The number of carboxylic acids is 1. The second-order valence-corrected chi connectivity index (χ2v) is 8.39. The summed E-state index contributed by atoms with van der Waals surface area (Å²) in [4.78, 5) is 14.2. The molecule has 4 nitrogen and oxygen atoms in total. The van der Waals surface area contributed by atoms with E-state index in [9.17, 15) is 9.90 Å². The number of hydrogen-bond donors (Lipinski definition) is 1. The predicted octanol–water partition coefficient (Wildman–Crippen LogP) is 2.64. The van der Waals surface area contributed by atoms with Crippen molar-refractivity contribution >= 4 is 29.5 Å². The van der Waals surface area contributed by atoms with Gasteiger partial charge in [0.25, 0.3) is 0 Å². The van der Waals surface area contributed by atoms with Crippen LogP contribution < -0.4 is 4.74 Å². The van der Waals surface area contributed by atoms with E-state index in [-0.39, 0.29) is 11.8 Å². The number of benzene rings is 1. The van der Waals surface area contributed by atoms with Crippen molar-refractivity contribution in [2.45, 2.75) is 12.0 Å². The second-order valence-electron chi connectivity index (χ2n) is 6.09. The van der Waals surface area contributed by atoms with Gasteiger partial charge in [0, 0.05) is 48.1 Å². The summed E-state index contributed by atoms with van der Waals surface area (Å²) in [5, 5.41) is 9.67. The number of ether oxygens (including phenoxy) is 1. The fourth-order valence-corrected chi connectivity index (χ4v) is 6.03. The van der Waals surface area contributed by atoms with Crippen LogP contribution >= 0.6 is 23.5 Å². The lowest BCUT2D eigenvalue weighted by molar-refractivity contribution is -0.141. The summed E-state index contributed by atoms with van der Waals surface area (Å²) in [6.45, 7) is 1.49. The third-order valence-corrected chi connectivity index (χ3v) is 7.18. The number of aliphatic carboxylic acids is 1. The molecule has 1 N–H and O–H groups in total. The monoisotopic (exact) mass is 353 g/mol. The minimum Gasteiger partial charge on any atom is -0.497 e. The van der Waals surface area contributed by atoms with Gasteiger partial charge in [-0.05, 0) is 17.7 Å². The summed E-state index contributed by atoms with van der Waals surface area (Å²) in [5.74, 6) is 4.46. The maximum absolute atomic E-state index is 11.8. The lowest BCUT2D eigenvalue weighted by Crippen LogP contribution is -2.37. The van der Waals surface area contributed by atoms with Gasteiger partial charge in [0.1, 0.15) is 5.75 Å². The number of hydrogen-bond acceptors (Lipinski definition) is 5. The first-order chi connectivity index (χ1) is 11.2.